The maximum absolute atomic E-state index is 10.4. The van der Waals surface area contributed by atoms with Crippen LogP contribution in [0.2, 0.25) is 0 Å². The number of hydrogen-bond donors (Lipinski definition) is 1. The molecule has 1 heterocycles. The second kappa shape index (κ2) is 10.2. The van der Waals surface area contributed by atoms with E-state index in [0.29, 0.717) is 19.3 Å². The zero-order valence-electron chi connectivity index (χ0n) is 23.3. The third-order valence-electron chi connectivity index (χ3n) is 8.56. The highest BCUT2D eigenvalue weighted by atomic mass is 16.5. The van der Waals surface area contributed by atoms with E-state index in [-0.39, 0.29) is 0 Å². The van der Waals surface area contributed by atoms with Gasteiger partial charge in [-0.05, 0) is 69.7 Å². The molecule has 5 rings (SSSR count). The molecule has 1 aromatic carbocycles. The minimum atomic E-state index is -0.932. The van der Waals surface area contributed by atoms with Crippen LogP contribution < -0.4 is 5.46 Å². The Kier molecular flexibility index (Phi) is 7.06. The third-order valence-corrected chi connectivity index (χ3v) is 8.56. The Labute approximate surface area is 228 Å². The molecule has 0 fully saturated rings. The number of benzene rings is 1. The summed E-state index contributed by atoms with van der Waals surface area (Å²) in [5.41, 5.74) is 9.40. The summed E-state index contributed by atoms with van der Waals surface area (Å²) in [6.07, 6.45) is 21.8. The SMILES string of the molecule is C=C/C=C\C1=C(C)c2nc(-c3ccc(BOC(C)(C)C(C)(C)O)cc3)c3c(c2C2C=CC=CC12)CCC=C3. The molecule has 3 aliphatic carbocycles. The van der Waals surface area contributed by atoms with Crippen LogP contribution in [0, 0.1) is 5.92 Å². The monoisotopic (exact) mass is 503 g/mol. The topological polar surface area (TPSA) is 42.4 Å². The minimum absolute atomic E-state index is 0.295. The summed E-state index contributed by atoms with van der Waals surface area (Å²) in [5.74, 6) is 0.613. The summed E-state index contributed by atoms with van der Waals surface area (Å²) < 4.78 is 6.09. The lowest BCUT2D eigenvalue weighted by molar-refractivity contribution is -0.0893. The summed E-state index contributed by atoms with van der Waals surface area (Å²) in [5, 5.41) is 10.4. The van der Waals surface area contributed by atoms with Crippen LogP contribution in [0.4, 0.5) is 0 Å². The van der Waals surface area contributed by atoms with Gasteiger partial charge in [0.2, 0.25) is 0 Å². The number of rotatable bonds is 7. The summed E-state index contributed by atoms with van der Waals surface area (Å²) >= 11 is 0. The molecular weight excluding hydrogens is 465 g/mol. The molecule has 0 saturated heterocycles. The largest absolute Gasteiger partial charge is 0.427 e. The van der Waals surface area contributed by atoms with E-state index in [0.717, 1.165) is 35.3 Å². The normalized spacial score (nSPS) is 20.4. The molecule has 0 radical (unpaired) electrons. The molecular formula is C34H38BNO2. The summed E-state index contributed by atoms with van der Waals surface area (Å²) in [4.78, 5) is 5.38. The van der Waals surface area contributed by atoms with Gasteiger partial charge in [-0.1, -0.05) is 91.0 Å². The molecule has 0 aliphatic heterocycles. The third kappa shape index (κ3) is 4.72. The number of nitrogens with zero attached hydrogens (tertiary/aromatic N) is 1. The van der Waals surface area contributed by atoms with Gasteiger partial charge in [0.25, 0.3) is 0 Å². The number of fused-ring (bicyclic) bond motifs is 5. The molecule has 3 nitrogen and oxygen atoms in total. The molecule has 4 heteroatoms. The van der Waals surface area contributed by atoms with E-state index in [4.69, 9.17) is 9.64 Å². The standard InChI is InChI=1S/C34H38BNO2/c1-7-8-13-25-22(2)31-30(27-15-10-9-14-26(25)27)28-16-11-12-17-29(28)32(36-31)23-18-20-24(21-19-23)35-38-34(5,6)33(3,4)37/h7-10,12-15,17-21,26-27,35,37H,1,11,16H2,2-6H3/b13-8-. The zero-order valence-corrected chi connectivity index (χ0v) is 23.3. The van der Waals surface area contributed by atoms with Gasteiger partial charge in [-0.2, -0.15) is 0 Å². The minimum Gasteiger partial charge on any atom is -0.427 e. The highest BCUT2D eigenvalue weighted by molar-refractivity contribution is 6.47. The van der Waals surface area contributed by atoms with Crippen LogP contribution >= 0.6 is 0 Å². The van der Waals surface area contributed by atoms with Gasteiger partial charge in [0.1, 0.15) is 0 Å². The molecule has 194 valence electrons. The van der Waals surface area contributed by atoms with E-state index in [2.05, 4.69) is 80.3 Å². The van der Waals surface area contributed by atoms with Crippen molar-refractivity contribution >= 4 is 24.6 Å². The predicted molar refractivity (Wildman–Crippen MR) is 162 cm³/mol. The van der Waals surface area contributed by atoms with E-state index in [9.17, 15) is 5.11 Å². The van der Waals surface area contributed by atoms with Gasteiger partial charge in [-0.3, -0.25) is 0 Å². The number of aliphatic hydroxyl groups is 1. The molecule has 1 N–H and O–H groups in total. The van der Waals surface area contributed by atoms with Gasteiger partial charge in [0, 0.05) is 23.0 Å². The Bertz CT molecular complexity index is 1400. The van der Waals surface area contributed by atoms with Crippen LogP contribution in [-0.4, -0.2) is 28.8 Å². The molecule has 1 aromatic heterocycles. The van der Waals surface area contributed by atoms with Gasteiger partial charge in [-0.15, -0.1) is 0 Å². The molecule has 2 unspecified atom stereocenters. The molecule has 38 heavy (non-hydrogen) atoms. The molecule has 0 amide bonds. The Morgan fingerprint density at radius 1 is 1.05 bits per heavy atom. The fourth-order valence-corrected chi connectivity index (χ4v) is 5.58. The first-order chi connectivity index (χ1) is 18.1. The van der Waals surface area contributed by atoms with Crippen LogP contribution in [0.3, 0.4) is 0 Å². The van der Waals surface area contributed by atoms with Crippen molar-refractivity contribution in [1.82, 2.24) is 4.98 Å². The number of aromatic nitrogens is 1. The number of pyridine rings is 1. The molecule has 0 bridgehead atoms. The lowest BCUT2D eigenvalue weighted by atomic mass is 9.68. The number of allylic oxidation sites excluding steroid dienone is 10. The maximum Gasteiger partial charge on any atom is 0.309 e. The number of hydrogen-bond acceptors (Lipinski definition) is 3. The average molecular weight is 503 g/mol. The molecule has 2 atom stereocenters. The summed E-state index contributed by atoms with van der Waals surface area (Å²) in [7, 11) is 0.441. The second-order valence-corrected chi connectivity index (χ2v) is 11.6. The zero-order chi connectivity index (χ0) is 27.1. The molecule has 3 aliphatic rings. The van der Waals surface area contributed by atoms with Crippen molar-refractivity contribution < 1.29 is 9.76 Å². The lowest BCUT2D eigenvalue weighted by Gasteiger charge is -2.37. The van der Waals surface area contributed by atoms with Crippen molar-refractivity contribution in [2.45, 2.75) is 64.6 Å². The highest BCUT2D eigenvalue weighted by Crippen LogP contribution is 2.49. The van der Waals surface area contributed by atoms with Gasteiger partial charge in [-0.25, -0.2) is 4.98 Å². The Balaban J connectivity index is 1.58. The van der Waals surface area contributed by atoms with Crippen LogP contribution in [0.1, 0.15) is 69.3 Å². The molecule has 0 saturated carbocycles. The molecule has 2 aromatic rings. The van der Waals surface area contributed by atoms with Crippen molar-refractivity contribution in [3.8, 4) is 11.3 Å². The van der Waals surface area contributed by atoms with Crippen molar-refractivity contribution in [3.63, 3.8) is 0 Å². The fraction of sp³-hybridized carbons (Fsp3) is 0.324. The van der Waals surface area contributed by atoms with Crippen molar-refractivity contribution in [1.29, 1.82) is 0 Å². The quantitative estimate of drug-likeness (QED) is 0.342. The first kappa shape index (κ1) is 26.4. The second-order valence-electron chi connectivity index (χ2n) is 11.6. The van der Waals surface area contributed by atoms with E-state index in [1.165, 1.54) is 27.8 Å². The summed E-state index contributed by atoms with van der Waals surface area (Å²) in [6, 6.07) is 8.53. The van der Waals surface area contributed by atoms with Crippen LogP contribution in [0.5, 0.6) is 0 Å². The summed E-state index contributed by atoms with van der Waals surface area (Å²) in [6.45, 7) is 13.5. The van der Waals surface area contributed by atoms with Crippen molar-refractivity contribution in [3.05, 3.63) is 107 Å². The van der Waals surface area contributed by atoms with Crippen LogP contribution in [-0.2, 0) is 11.1 Å². The maximum atomic E-state index is 10.4. The highest BCUT2D eigenvalue weighted by Gasteiger charge is 2.37. The Hall–Kier alpha value is -3.21. The first-order valence-corrected chi connectivity index (χ1v) is 13.7. The van der Waals surface area contributed by atoms with Gasteiger partial charge >= 0.3 is 7.48 Å². The average Bonchev–Trinajstić information content (AvgIpc) is 2.91. The van der Waals surface area contributed by atoms with Crippen LogP contribution in [0.25, 0.3) is 22.9 Å². The molecule has 0 spiro atoms. The predicted octanol–water partition coefficient (Wildman–Crippen LogP) is 6.61. The van der Waals surface area contributed by atoms with Crippen LogP contribution in [0.15, 0.2) is 85.0 Å². The van der Waals surface area contributed by atoms with E-state index in [1.54, 1.807) is 13.8 Å². The van der Waals surface area contributed by atoms with E-state index >= 15 is 0 Å². The van der Waals surface area contributed by atoms with Crippen molar-refractivity contribution in [2.24, 2.45) is 5.92 Å². The van der Waals surface area contributed by atoms with Gasteiger partial charge in [0.05, 0.1) is 22.6 Å². The fourth-order valence-electron chi connectivity index (χ4n) is 5.58. The lowest BCUT2D eigenvalue weighted by Crippen LogP contribution is -2.49. The van der Waals surface area contributed by atoms with Gasteiger partial charge in [0.15, 0.2) is 0 Å². The van der Waals surface area contributed by atoms with Crippen molar-refractivity contribution in [2.75, 3.05) is 0 Å². The Morgan fingerprint density at radius 3 is 2.45 bits per heavy atom. The van der Waals surface area contributed by atoms with E-state index in [1.807, 2.05) is 26.0 Å². The van der Waals surface area contributed by atoms with E-state index < -0.39 is 11.2 Å². The Morgan fingerprint density at radius 2 is 1.76 bits per heavy atom. The first-order valence-electron chi connectivity index (χ1n) is 13.7. The smallest absolute Gasteiger partial charge is 0.309 e. The van der Waals surface area contributed by atoms with Gasteiger partial charge < -0.3 is 9.76 Å².